The zero-order valence-corrected chi connectivity index (χ0v) is 25.1. The largest absolute Gasteiger partial charge is 0.508 e. The molecule has 0 spiro atoms. The Hall–Kier alpha value is -2.13. The van der Waals surface area contributed by atoms with Crippen molar-refractivity contribution in [1.29, 1.82) is 0 Å². The number of carbonyl (C=O) groups is 2. The average Bonchev–Trinajstić information content (AvgIpc) is 2.96. The molecular formula is C29H38Br2N4O3. The number of phenols is 1. The summed E-state index contributed by atoms with van der Waals surface area (Å²) in [6, 6.07) is 3.32. The molecule has 9 heteroatoms. The van der Waals surface area contributed by atoms with Crippen LogP contribution in [0.2, 0.25) is 0 Å². The van der Waals surface area contributed by atoms with Crippen molar-refractivity contribution < 1.29 is 14.7 Å². The van der Waals surface area contributed by atoms with E-state index in [2.05, 4.69) is 38.4 Å². The van der Waals surface area contributed by atoms with Crippen molar-refractivity contribution in [1.82, 2.24) is 9.80 Å². The maximum absolute atomic E-state index is 13.2. The average molecular weight is 650 g/mol. The molecule has 206 valence electrons. The number of carbonyl (C=O) groups excluding carboxylic acids is 2. The number of nitrogens with zero attached hydrogens (tertiary/aromatic N) is 3. The van der Waals surface area contributed by atoms with Crippen molar-refractivity contribution >= 4 is 49.5 Å². The van der Waals surface area contributed by atoms with Crippen LogP contribution < -0.4 is 5.73 Å². The smallest absolute Gasteiger partial charge is 0.314 e. The summed E-state index contributed by atoms with van der Waals surface area (Å²) in [6.07, 6.45) is 9.59. The number of fused-ring (bicyclic) bond motifs is 1. The Morgan fingerprint density at radius 3 is 2.39 bits per heavy atom. The van der Waals surface area contributed by atoms with E-state index in [1.807, 2.05) is 11.0 Å². The van der Waals surface area contributed by atoms with Crippen LogP contribution in [0.4, 0.5) is 4.79 Å². The van der Waals surface area contributed by atoms with Crippen LogP contribution in [0.5, 0.6) is 5.75 Å². The molecule has 38 heavy (non-hydrogen) atoms. The van der Waals surface area contributed by atoms with Gasteiger partial charge in [-0.2, -0.15) is 0 Å². The van der Waals surface area contributed by atoms with Crippen LogP contribution in [-0.4, -0.2) is 58.7 Å². The van der Waals surface area contributed by atoms with E-state index in [0.29, 0.717) is 31.3 Å². The molecule has 3 aliphatic rings. The lowest BCUT2D eigenvalue weighted by atomic mass is 9.74. The Labute approximate surface area is 242 Å². The lowest BCUT2D eigenvalue weighted by Crippen LogP contribution is -2.44. The summed E-state index contributed by atoms with van der Waals surface area (Å²) in [6.45, 7) is 7.15. The third-order valence-electron chi connectivity index (χ3n) is 8.37. The highest BCUT2D eigenvalue weighted by atomic mass is 79.9. The number of halogens is 2. The molecule has 3 N–H and O–H groups in total. The number of hydrogen-bond donors (Lipinski definition) is 2. The number of urea groups is 1. The van der Waals surface area contributed by atoms with E-state index >= 15 is 0 Å². The molecule has 1 atom stereocenters. The van der Waals surface area contributed by atoms with Gasteiger partial charge in [-0.1, -0.05) is 38.4 Å². The Kier molecular flexibility index (Phi) is 10.1. The third kappa shape index (κ3) is 6.89. The quantitative estimate of drug-likeness (QED) is 0.403. The molecule has 2 aliphatic heterocycles. The fraction of sp³-hybridized carbons (Fsp3) is 0.552. The highest BCUT2D eigenvalue weighted by molar-refractivity contribution is 9.11. The number of aromatic hydroxyl groups is 1. The minimum absolute atomic E-state index is 0.0321. The van der Waals surface area contributed by atoms with Crippen LogP contribution in [0.3, 0.4) is 0 Å². The van der Waals surface area contributed by atoms with E-state index in [1.54, 1.807) is 22.2 Å². The molecule has 0 saturated carbocycles. The molecule has 0 aromatic heterocycles. The van der Waals surface area contributed by atoms with Crippen LogP contribution in [-0.2, 0) is 11.2 Å². The molecule has 2 fully saturated rings. The first-order chi connectivity index (χ1) is 18.3. The number of piperidine rings is 2. The maximum Gasteiger partial charge on any atom is 0.314 e. The van der Waals surface area contributed by atoms with Crippen LogP contribution >= 0.6 is 31.9 Å². The molecule has 2 heterocycles. The van der Waals surface area contributed by atoms with E-state index in [-0.39, 0.29) is 23.6 Å². The number of allylic oxidation sites excluding steroid dienone is 1. The van der Waals surface area contributed by atoms with Crippen molar-refractivity contribution in [2.75, 3.05) is 26.2 Å². The van der Waals surface area contributed by atoms with Gasteiger partial charge in [0.2, 0.25) is 5.91 Å². The molecule has 1 unspecified atom stereocenters. The summed E-state index contributed by atoms with van der Waals surface area (Å²) < 4.78 is 0.906. The molecular weight excluding hydrogens is 612 g/mol. The van der Waals surface area contributed by atoms with Gasteiger partial charge in [0.25, 0.3) is 0 Å². The van der Waals surface area contributed by atoms with Crippen LogP contribution in [0.1, 0.15) is 68.4 Å². The Balaban J connectivity index is 1.52. The number of rotatable bonds is 4. The number of hydrogen-bond acceptors (Lipinski definition) is 4. The van der Waals surface area contributed by atoms with Gasteiger partial charge in [0.15, 0.2) is 0 Å². The minimum Gasteiger partial charge on any atom is -0.508 e. The topological polar surface area (TPSA) is 99.2 Å². The van der Waals surface area contributed by atoms with E-state index in [4.69, 9.17) is 10.7 Å². The van der Waals surface area contributed by atoms with Gasteiger partial charge in [0, 0.05) is 49.2 Å². The lowest BCUT2D eigenvalue weighted by molar-refractivity contribution is -0.133. The van der Waals surface area contributed by atoms with Gasteiger partial charge in [0.05, 0.1) is 5.71 Å². The van der Waals surface area contributed by atoms with Crippen molar-refractivity contribution in [3.63, 3.8) is 0 Å². The Morgan fingerprint density at radius 1 is 1.08 bits per heavy atom. The lowest BCUT2D eigenvalue weighted by Gasteiger charge is -2.39. The second kappa shape index (κ2) is 13.3. The monoisotopic (exact) mass is 648 g/mol. The zero-order valence-electron chi connectivity index (χ0n) is 21.9. The second-order valence-electron chi connectivity index (χ2n) is 10.8. The first-order valence-electron chi connectivity index (χ1n) is 13.6. The summed E-state index contributed by atoms with van der Waals surface area (Å²) in [7, 11) is 0. The number of nitrogens with two attached hydrogens (primary N) is 1. The molecule has 4 rings (SSSR count). The normalized spacial score (nSPS) is 23.3. The second-order valence-corrected chi connectivity index (χ2v) is 12.2. The summed E-state index contributed by atoms with van der Waals surface area (Å²) in [4.78, 5) is 34.9. The molecule has 3 amide bonds. The van der Waals surface area contributed by atoms with Gasteiger partial charge >= 0.3 is 6.03 Å². The first kappa shape index (κ1) is 28.9. The number of aryl methyl sites for hydroxylation is 1. The number of benzene rings is 1. The molecule has 1 aromatic carbocycles. The number of phenolic OH excluding ortho intramolecular Hbond substituents is 1. The summed E-state index contributed by atoms with van der Waals surface area (Å²) in [5.41, 5.74) is 9.82. The number of aliphatic imine (C=N–C) groups is 1. The van der Waals surface area contributed by atoms with Crippen molar-refractivity contribution in [2.24, 2.45) is 22.6 Å². The summed E-state index contributed by atoms with van der Waals surface area (Å²) in [5.74, 6) is 1.12. The number of likely N-dealkylation sites (tertiary alicyclic amines) is 2. The van der Waals surface area contributed by atoms with Gasteiger partial charge in [-0.05, 0) is 97.0 Å². The van der Waals surface area contributed by atoms with Crippen molar-refractivity contribution in [3.8, 4) is 5.75 Å². The number of amides is 3. The molecule has 7 nitrogen and oxygen atoms in total. The fourth-order valence-corrected chi connectivity index (χ4v) is 7.16. The van der Waals surface area contributed by atoms with Gasteiger partial charge in [-0.25, -0.2) is 4.79 Å². The molecule has 0 bridgehead atoms. The molecule has 2 saturated heterocycles. The predicted molar refractivity (Wildman–Crippen MR) is 159 cm³/mol. The van der Waals surface area contributed by atoms with Gasteiger partial charge in [-0.15, -0.1) is 0 Å². The Morgan fingerprint density at radius 2 is 1.74 bits per heavy atom. The highest BCUT2D eigenvalue weighted by Gasteiger charge is 2.36. The van der Waals surface area contributed by atoms with Gasteiger partial charge in [-0.3, -0.25) is 9.79 Å². The Bertz CT molecular complexity index is 1100. The highest BCUT2D eigenvalue weighted by Crippen LogP contribution is 2.44. The van der Waals surface area contributed by atoms with Crippen LogP contribution in [0.15, 0.2) is 44.9 Å². The maximum atomic E-state index is 13.2. The van der Waals surface area contributed by atoms with Crippen molar-refractivity contribution in [2.45, 2.75) is 63.7 Å². The van der Waals surface area contributed by atoms with Crippen molar-refractivity contribution in [3.05, 3.63) is 51.1 Å². The van der Waals surface area contributed by atoms with Gasteiger partial charge < -0.3 is 20.6 Å². The summed E-state index contributed by atoms with van der Waals surface area (Å²) in [5, 5.41) is 10.4. The fourth-order valence-electron chi connectivity index (χ4n) is 6.31. The molecule has 1 aliphatic carbocycles. The number of primary amides is 1. The zero-order chi connectivity index (χ0) is 27.2. The summed E-state index contributed by atoms with van der Waals surface area (Å²) >= 11 is 7.14. The van der Waals surface area contributed by atoms with E-state index in [1.165, 1.54) is 5.56 Å². The van der Waals surface area contributed by atoms with E-state index in [9.17, 15) is 14.7 Å². The van der Waals surface area contributed by atoms with Crippen LogP contribution in [0.25, 0.3) is 0 Å². The van der Waals surface area contributed by atoms with E-state index in [0.717, 1.165) is 85.8 Å². The standard InChI is InChI=1S/C29H38Br2N4O3/c1-19-4-2-3-5-22-17-23(36)18-24(31)26(22)27(28(19)33-11-10-30)21-8-14-34(15-9-21)25(37)16-20-6-12-35(13-7-20)29(32)38/h10-11,17-18,20-21,27,36H,1-9,12-16H2,(H2,32,38)/b11-10+,33-28?. The van der Waals surface area contributed by atoms with Crippen LogP contribution in [0, 0.1) is 11.8 Å². The SMILES string of the molecule is C=C1CCCCc2cc(O)cc(Br)c2C(C2CCN(C(=O)CC3CCN(C(N)=O)CC3)CC2)C1=N/C=C/Br. The van der Waals surface area contributed by atoms with E-state index < -0.39 is 0 Å². The minimum atomic E-state index is -0.373. The molecule has 0 radical (unpaired) electrons. The molecule has 1 aromatic rings. The van der Waals surface area contributed by atoms with Gasteiger partial charge in [0.1, 0.15) is 5.75 Å². The third-order valence-corrected chi connectivity index (χ3v) is 9.26. The first-order valence-corrected chi connectivity index (χ1v) is 15.3. The predicted octanol–water partition coefficient (Wildman–Crippen LogP) is 6.25.